The summed E-state index contributed by atoms with van der Waals surface area (Å²) in [7, 11) is -2.12. The molecule has 0 atom stereocenters. The maximum atomic E-state index is 12.9. The van der Waals surface area contributed by atoms with Gasteiger partial charge in [0.15, 0.2) is 9.84 Å². The lowest BCUT2D eigenvalue weighted by atomic mass is 10.2. The molecule has 0 saturated carbocycles. The zero-order chi connectivity index (χ0) is 15.9. The van der Waals surface area contributed by atoms with Crippen molar-refractivity contribution in [1.82, 2.24) is 5.32 Å². The normalized spacial score (nSPS) is 11.4. The molecule has 1 amide bonds. The molecule has 0 saturated heterocycles. The summed E-state index contributed by atoms with van der Waals surface area (Å²) < 4.78 is 41.5. The SMILES string of the molecule is COCCCNC(=O)CS(=O)(=O)Cc1ccc(F)cc1Cl. The standard InChI is InChI=1S/C13H17ClFNO4S/c1-20-6-2-5-16-13(17)9-21(18,19)8-10-3-4-11(15)7-12(10)14/h3-4,7H,2,5-6,8-9H2,1H3,(H,16,17). The third-order valence-electron chi connectivity index (χ3n) is 2.59. The summed E-state index contributed by atoms with van der Waals surface area (Å²) in [5, 5.41) is 2.52. The summed E-state index contributed by atoms with van der Waals surface area (Å²) in [5.74, 6) is -2.16. The highest BCUT2D eigenvalue weighted by atomic mass is 35.5. The number of ether oxygens (including phenoxy) is 1. The summed E-state index contributed by atoms with van der Waals surface area (Å²) in [6.07, 6.45) is 0.603. The predicted molar refractivity (Wildman–Crippen MR) is 78.4 cm³/mol. The molecule has 0 aliphatic rings. The Morgan fingerprint density at radius 3 is 2.76 bits per heavy atom. The molecule has 1 aromatic carbocycles. The molecule has 1 rings (SSSR count). The van der Waals surface area contributed by atoms with Crippen LogP contribution in [0.3, 0.4) is 0 Å². The Balaban J connectivity index is 2.55. The number of hydrogen-bond acceptors (Lipinski definition) is 4. The molecule has 0 aromatic heterocycles. The molecule has 0 unspecified atom stereocenters. The van der Waals surface area contributed by atoms with Gasteiger partial charge in [-0.15, -0.1) is 0 Å². The number of hydrogen-bond donors (Lipinski definition) is 1. The number of benzene rings is 1. The van der Waals surface area contributed by atoms with Crippen LogP contribution in [0.25, 0.3) is 0 Å². The van der Waals surface area contributed by atoms with Crippen molar-refractivity contribution >= 4 is 27.3 Å². The second-order valence-corrected chi connectivity index (χ2v) is 6.94. The number of halogens is 2. The van der Waals surface area contributed by atoms with Crippen LogP contribution in [0.2, 0.25) is 5.02 Å². The first-order valence-corrected chi connectivity index (χ1v) is 8.44. The smallest absolute Gasteiger partial charge is 0.235 e. The van der Waals surface area contributed by atoms with Crippen LogP contribution >= 0.6 is 11.6 Å². The van der Waals surface area contributed by atoms with Crippen LogP contribution in [0.4, 0.5) is 4.39 Å². The molecule has 0 spiro atoms. The molecular formula is C13H17ClFNO4S. The van der Waals surface area contributed by atoms with E-state index in [1.54, 1.807) is 7.11 Å². The molecule has 8 heteroatoms. The van der Waals surface area contributed by atoms with Crippen molar-refractivity contribution in [1.29, 1.82) is 0 Å². The van der Waals surface area contributed by atoms with Gasteiger partial charge in [-0.25, -0.2) is 12.8 Å². The fraction of sp³-hybridized carbons (Fsp3) is 0.462. The summed E-state index contributed by atoms with van der Waals surface area (Å²) in [6, 6.07) is 3.46. The highest BCUT2D eigenvalue weighted by molar-refractivity contribution is 7.91. The summed E-state index contributed by atoms with van der Waals surface area (Å²) in [5.41, 5.74) is 0.269. The Hall–Kier alpha value is -1.18. The van der Waals surface area contributed by atoms with E-state index in [2.05, 4.69) is 5.32 Å². The van der Waals surface area contributed by atoms with Gasteiger partial charge in [0.1, 0.15) is 11.6 Å². The van der Waals surface area contributed by atoms with Gasteiger partial charge in [0, 0.05) is 25.3 Å². The Kier molecular flexibility index (Phi) is 7.07. The number of carbonyl (C=O) groups excluding carboxylic acids is 1. The van der Waals surface area contributed by atoms with Gasteiger partial charge in [-0.1, -0.05) is 17.7 Å². The van der Waals surface area contributed by atoms with E-state index in [-0.39, 0.29) is 10.6 Å². The third kappa shape index (κ3) is 6.88. The number of amides is 1. The average Bonchev–Trinajstić information content (AvgIpc) is 2.37. The van der Waals surface area contributed by atoms with Crippen molar-refractivity contribution in [2.24, 2.45) is 0 Å². The Morgan fingerprint density at radius 2 is 2.14 bits per heavy atom. The monoisotopic (exact) mass is 337 g/mol. The molecule has 0 bridgehead atoms. The second kappa shape index (κ2) is 8.31. The fourth-order valence-electron chi connectivity index (χ4n) is 1.62. The summed E-state index contributed by atoms with van der Waals surface area (Å²) in [4.78, 5) is 11.5. The number of methoxy groups -OCH3 is 1. The molecule has 1 aromatic rings. The summed E-state index contributed by atoms with van der Waals surface area (Å²) >= 11 is 5.77. The minimum Gasteiger partial charge on any atom is -0.385 e. The second-order valence-electron chi connectivity index (χ2n) is 4.46. The predicted octanol–water partition coefficient (Wildman–Crippen LogP) is 1.55. The van der Waals surface area contributed by atoms with Crippen LogP contribution < -0.4 is 5.32 Å². The van der Waals surface area contributed by atoms with Crippen molar-refractivity contribution in [3.63, 3.8) is 0 Å². The van der Waals surface area contributed by atoms with Gasteiger partial charge in [-0.05, 0) is 24.1 Å². The van der Waals surface area contributed by atoms with Crippen molar-refractivity contribution in [3.05, 3.63) is 34.6 Å². The van der Waals surface area contributed by atoms with Crippen LogP contribution in [-0.4, -0.2) is 40.3 Å². The molecule has 0 fully saturated rings. The van der Waals surface area contributed by atoms with Crippen LogP contribution in [-0.2, 0) is 25.1 Å². The van der Waals surface area contributed by atoms with Crippen LogP contribution in [0.5, 0.6) is 0 Å². The summed E-state index contributed by atoms with van der Waals surface area (Å²) in [6.45, 7) is 0.831. The van der Waals surface area contributed by atoms with Gasteiger partial charge in [-0.3, -0.25) is 4.79 Å². The molecule has 5 nitrogen and oxygen atoms in total. The van der Waals surface area contributed by atoms with E-state index in [9.17, 15) is 17.6 Å². The quantitative estimate of drug-likeness (QED) is 0.730. The van der Waals surface area contributed by atoms with Crippen LogP contribution in [0.1, 0.15) is 12.0 Å². The maximum absolute atomic E-state index is 12.9. The van der Waals surface area contributed by atoms with E-state index in [0.717, 1.165) is 12.1 Å². The fourth-order valence-corrected chi connectivity index (χ4v) is 3.26. The number of rotatable bonds is 8. The number of sulfone groups is 1. The lowest BCUT2D eigenvalue weighted by Gasteiger charge is -2.07. The van der Waals surface area contributed by atoms with Crippen molar-refractivity contribution in [3.8, 4) is 0 Å². The lowest BCUT2D eigenvalue weighted by Crippen LogP contribution is -2.32. The van der Waals surface area contributed by atoms with E-state index in [4.69, 9.17) is 16.3 Å². The van der Waals surface area contributed by atoms with E-state index in [1.165, 1.54) is 6.07 Å². The first-order valence-electron chi connectivity index (χ1n) is 6.24. The van der Waals surface area contributed by atoms with Gasteiger partial charge in [0.2, 0.25) is 5.91 Å². The third-order valence-corrected chi connectivity index (χ3v) is 4.39. The number of nitrogens with one attached hydrogen (secondary N) is 1. The van der Waals surface area contributed by atoms with Crippen molar-refractivity contribution in [2.75, 3.05) is 26.0 Å². The molecule has 0 aliphatic heterocycles. The van der Waals surface area contributed by atoms with Crippen LogP contribution in [0, 0.1) is 5.82 Å². The topological polar surface area (TPSA) is 72.5 Å². The minimum atomic E-state index is -3.66. The van der Waals surface area contributed by atoms with E-state index < -0.39 is 33.1 Å². The Labute approximate surface area is 128 Å². The largest absolute Gasteiger partial charge is 0.385 e. The molecule has 0 aliphatic carbocycles. The Morgan fingerprint density at radius 1 is 1.43 bits per heavy atom. The first-order chi connectivity index (χ1) is 9.84. The molecule has 1 N–H and O–H groups in total. The first kappa shape index (κ1) is 17.9. The van der Waals surface area contributed by atoms with Gasteiger partial charge in [0.25, 0.3) is 0 Å². The van der Waals surface area contributed by atoms with Gasteiger partial charge < -0.3 is 10.1 Å². The zero-order valence-corrected chi connectivity index (χ0v) is 13.1. The van der Waals surface area contributed by atoms with E-state index in [0.29, 0.717) is 19.6 Å². The highest BCUT2D eigenvalue weighted by Crippen LogP contribution is 2.19. The lowest BCUT2D eigenvalue weighted by molar-refractivity contribution is -0.118. The molecule has 118 valence electrons. The highest BCUT2D eigenvalue weighted by Gasteiger charge is 2.18. The zero-order valence-electron chi connectivity index (χ0n) is 11.6. The van der Waals surface area contributed by atoms with E-state index >= 15 is 0 Å². The molecule has 21 heavy (non-hydrogen) atoms. The molecular weight excluding hydrogens is 321 g/mol. The van der Waals surface area contributed by atoms with Crippen molar-refractivity contribution < 1.29 is 22.3 Å². The Bertz CT molecular complexity index is 592. The number of carbonyl (C=O) groups is 1. The maximum Gasteiger partial charge on any atom is 0.235 e. The van der Waals surface area contributed by atoms with Crippen molar-refractivity contribution in [2.45, 2.75) is 12.2 Å². The average molecular weight is 338 g/mol. The van der Waals surface area contributed by atoms with Gasteiger partial charge in [0.05, 0.1) is 5.75 Å². The molecule has 0 heterocycles. The van der Waals surface area contributed by atoms with Crippen LogP contribution in [0.15, 0.2) is 18.2 Å². The van der Waals surface area contributed by atoms with Gasteiger partial charge in [-0.2, -0.15) is 0 Å². The van der Waals surface area contributed by atoms with Gasteiger partial charge >= 0.3 is 0 Å². The molecule has 0 radical (unpaired) electrons. The van der Waals surface area contributed by atoms with E-state index in [1.807, 2.05) is 0 Å². The minimum absolute atomic E-state index is 0.0269.